The zero-order chi connectivity index (χ0) is 109. The number of carbonyl (C=O) groups excluding carboxylic acids is 8. The summed E-state index contributed by atoms with van der Waals surface area (Å²) in [5, 5.41) is 18.6. The first kappa shape index (κ1) is 124. The number of alkyl carbamates (subject to hydrolysis) is 1. The molecule has 0 radical (unpaired) electrons. The van der Waals surface area contributed by atoms with Gasteiger partial charge in [0.25, 0.3) is 0 Å². The molecule has 822 valence electrons. The van der Waals surface area contributed by atoms with Gasteiger partial charge >= 0.3 is 61.4 Å². The average Bonchev–Trinajstić information content (AvgIpc) is 1.58. The standard InChI is InChI=1S/C19H32N2O3.C19H30N2O3.C17H30BNO4.C14H24BNO3.C14H26N2O.C12H22BNO2.C12H18F3NO5S/c2*1-13-6-11-17(21(12-13)18(23)24-19(3,4)5)15-7-9-16(10-8-15)20-14(2)22;1-15(2,3)21-14(20)19-13-10-8-12(9-11-13)18-22-16(4,5)17(6,7)23-18;1-10(17)16-12-8-6-11(7-9-12)15-18-13(2,3)14(4,5)19-15;1-10-3-8-14(15-9-10)12-4-6-13(7-5-12)16-11(2)17;1-11(2)12(3,4)16-13(15-11)9-5-7-10(14)8-6-9;1-8-5-6-9(21-22(18,19)12(13,14)15)16(7-8)10(17)20-11(2,3)4/h11,13,15-16H,6-10,12H2,1-5H3,(H,20,22);7,11,13,16H,6,8-10,12H2,1-5H3,(H,20,22);8,13H,9-11H2,1-7H3,(H,19,20);6,12H,7-9H2,1-5H3,(H,16,17);10,12-15H,3-9H2,1-2H3,(H,16,17);5,10H,6-8,14H2,1-4H3;6,8H,5,7H2,1-4H3. The van der Waals surface area contributed by atoms with Gasteiger partial charge in [0.15, 0.2) is 0 Å². The van der Waals surface area contributed by atoms with Crippen LogP contribution >= 0.6 is 0 Å². The normalized spacial score (nSPS) is 28.0. The van der Waals surface area contributed by atoms with E-state index in [1.165, 1.54) is 54.2 Å². The molecule has 31 nitrogen and oxygen atoms in total. The molecule has 8 N–H and O–H groups in total. The number of piperidine rings is 1. The van der Waals surface area contributed by atoms with Crippen molar-refractivity contribution >= 4 is 79.5 Å². The summed E-state index contributed by atoms with van der Waals surface area (Å²) < 4.78 is 121. The number of rotatable bonds is 13. The van der Waals surface area contributed by atoms with Gasteiger partial charge in [-0.15, -0.1) is 0 Å². The maximum absolute atomic E-state index is 12.6. The number of carbonyl (C=O) groups is 8. The molecular formula is C107H182B3F3N10O21S. The van der Waals surface area contributed by atoms with Crippen LogP contribution in [0.5, 0.6) is 0 Å². The minimum Gasteiger partial charge on any atom is -0.444 e. The van der Waals surface area contributed by atoms with Crippen molar-refractivity contribution < 1.29 is 111 Å². The van der Waals surface area contributed by atoms with E-state index in [0.717, 1.165) is 175 Å². The molecule has 7 heterocycles. The molecule has 0 spiro atoms. The summed E-state index contributed by atoms with van der Waals surface area (Å²) in [6, 6.07) is 2.32. The lowest BCUT2D eigenvalue weighted by Crippen LogP contribution is -2.46. The number of nitrogens with two attached hydrogens (primary N) is 1. The van der Waals surface area contributed by atoms with E-state index in [9.17, 15) is 59.9 Å². The lowest BCUT2D eigenvalue weighted by Gasteiger charge is -2.39. The number of ether oxygens (including phenoxy) is 4. The highest BCUT2D eigenvalue weighted by Crippen LogP contribution is 2.46. The molecule has 38 heteroatoms. The first-order valence-corrected chi connectivity index (χ1v) is 54.5. The summed E-state index contributed by atoms with van der Waals surface area (Å²) in [5.41, 5.74) is 3.25. The predicted octanol–water partition coefficient (Wildman–Crippen LogP) is 20.6. The fraction of sp³-hybridized carbons (Fsp3) is 0.794. The van der Waals surface area contributed by atoms with Crippen LogP contribution in [0.3, 0.4) is 0 Å². The summed E-state index contributed by atoms with van der Waals surface area (Å²) in [6.45, 7) is 63.8. The van der Waals surface area contributed by atoms with E-state index in [2.05, 4.69) is 176 Å². The van der Waals surface area contributed by atoms with Gasteiger partial charge in [0, 0.05) is 101 Å². The van der Waals surface area contributed by atoms with E-state index in [1.54, 1.807) is 60.3 Å². The summed E-state index contributed by atoms with van der Waals surface area (Å²) >= 11 is 0. The van der Waals surface area contributed by atoms with Crippen LogP contribution in [0.1, 0.15) is 382 Å². The van der Waals surface area contributed by atoms with E-state index in [1.807, 2.05) is 67.2 Å². The molecule has 0 bridgehead atoms. The molecular weight excluding hydrogens is 1880 g/mol. The smallest absolute Gasteiger partial charge is 0.444 e. The Balaban J connectivity index is 0.000000230. The van der Waals surface area contributed by atoms with Gasteiger partial charge < -0.3 is 88.7 Å². The van der Waals surface area contributed by atoms with Crippen molar-refractivity contribution in [1.82, 2.24) is 46.6 Å². The van der Waals surface area contributed by atoms with Crippen LogP contribution in [-0.2, 0) is 80.4 Å². The van der Waals surface area contributed by atoms with Gasteiger partial charge in [0.05, 0.1) is 33.6 Å². The van der Waals surface area contributed by atoms with E-state index < -0.39 is 50.0 Å². The molecule has 13 aliphatic rings. The fourth-order valence-electron chi connectivity index (χ4n) is 19.0. The Kier molecular flexibility index (Phi) is 44.7. The van der Waals surface area contributed by atoms with Crippen molar-refractivity contribution in [3.8, 4) is 0 Å². The average molecular weight is 2070 g/mol. The number of amides is 8. The quantitative estimate of drug-likeness (QED) is 0.0390. The molecule has 0 aromatic carbocycles. The van der Waals surface area contributed by atoms with Crippen molar-refractivity contribution in [3.05, 3.63) is 81.8 Å². The third kappa shape index (κ3) is 40.0. The van der Waals surface area contributed by atoms with Gasteiger partial charge in [-0.2, -0.15) is 21.6 Å². The molecule has 6 aliphatic carbocycles. The molecule has 4 saturated heterocycles. The minimum absolute atomic E-state index is 0.00583. The number of nitrogens with zero attached hydrogens (tertiary/aromatic N) is 3. The summed E-state index contributed by atoms with van der Waals surface area (Å²) in [4.78, 5) is 97.9. The van der Waals surface area contributed by atoms with Crippen LogP contribution in [0.2, 0.25) is 0 Å². The molecule has 7 aliphatic heterocycles. The third-order valence-electron chi connectivity index (χ3n) is 29.1. The first-order valence-electron chi connectivity index (χ1n) is 53.1. The van der Waals surface area contributed by atoms with E-state index in [4.69, 9.17) is 52.6 Å². The second-order valence-corrected chi connectivity index (χ2v) is 50.7. The Morgan fingerprint density at radius 1 is 0.393 bits per heavy atom. The molecule has 9 atom stereocenters. The predicted molar refractivity (Wildman–Crippen MR) is 562 cm³/mol. The van der Waals surface area contributed by atoms with Crippen LogP contribution in [0.4, 0.5) is 32.3 Å². The van der Waals surface area contributed by atoms with Gasteiger partial charge in [-0.05, 0) is 397 Å². The maximum atomic E-state index is 12.6. The number of hydrogen-bond donors (Lipinski definition) is 7. The minimum atomic E-state index is -5.84. The highest BCUT2D eigenvalue weighted by atomic mass is 32.2. The van der Waals surface area contributed by atoms with Gasteiger partial charge in [0.1, 0.15) is 22.4 Å². The fourth-order valence-corrected chi connectivity index (χ4v) is 19.5. The molecule has 2 saturated carbocycles. The molecule has 145 heavy (non-hydrogen) atoms. The largest absolute Gasteiger partial charge is 0.534 e. The third-order valence-corrected chi connectivity index (χ3v) is 30.1. The van der Waals surface area contributed by atoms with Crippen LogP contribution < -0.4 is 37.6 Å². The van der Waals surface area contributed by atoms with Gasteiger partial charge in [-0.1, -0.05) is 64.2 Å². The Hall–Kier alpha value is -7.45. The van der Waals surface area contributed by atoms with Gasteiger partial charge in [0.2, 0.25) is 29.5 Å². The maximum Gasteiger partial charge on any atom is 0.534 e. The number of alkyl halides is 3. The van der Waals surface area contributed by atoms with Crippen molar-refractivity contribution in [2.45, 2.75) is 486 Å². The van der Waals surface area contributed by atoms with E-state index in [-0.39, 0.29) is 140 Å². The molecule has 0 aromatic heterocycles. The monoisotopic (exact) mass is 2070 g/mol. The van der Waals surface area contributed by atoms with Crippen molar-refractivity contribution in [2.24, 2.45) is 41.2 Å². The zero-order valence-electron chi connectivity index (χ0n) is 93.8. The zero-order valence-corrected chi connectivity index (χ0v) is 94.6. The summed E-state index contributed by atoms with van der Waals surface area (Å²) in [5.74, 6) is 2.41. The number of allylic oxidation sites excluding steroid dienone is 8. The van der Waals surface area contributed by atoms with Crippen LogP contribution in [0.15, 0.2) is 81.8 Å². The number of halogens is 3. The van der Waals surface area contributed by atoms with Crippen LogP contribution in [-0.4, -0.2) is 222 Å². The number of hydrogen-bond acceptors (Lipinski definition) is 23. The molecule has 8 amide bonds. The molecule has 6 fully saturated rings. The lowest BCUT2D eigenvalue weighted by atomic mass is 9.72. The van der Waals surface area contributed by atoms with Crippen molar-refractivity contribution in [2.75, 3.05) is 26.2 Å². The Morgan fingerprint density at radius 2 is 0.738 bits per heavy atom. The molecule has 0 aromatic rings. The summed E-state index contributed by atoms with van der Waals surface area (Å²) in [7, 11) is -6.52. The molecule has 13 rings (SSSR count). The first-order chi connectivity index (χ1) is 66.6. The van der Waals surface area contributed by atoms with Crippen molar-refractivity contribution in [1.29, 1.82) is 0 Å². The highest BCUT2D eigenvalue weighted by Gasteiger charge is 2.56. The lowest BCUT2D eigenvalue weighted by molar-refractivity contribution is -0.120. The van der Waals surface area contributed by atoms with E-state index in [0.29, 0.717) is 36.4 Å². The van der Waals surface area contributed by atoms with Crippen molar-refractivity contribution in [3.63, 3.8) is 0 Å². The topological polar surface area (TPSA) is 380 Å². The van der Waals surface area contributed by atoms with Crippen LogP contribution in [0.25, 0.3) is 0 Å². The summed E-state index contributed by atoms with van der Waals surface area (Å²) in [6.07, 6.45) is 36.9. The SMILES string of the molecule is CC(=O)NC1CC=C(B2OC(C)(C)C(C)(C)O2)CC1.CC(=O)NC1CC=C(C2=CCC(C)CN2C(=O)OC(C)(C)C)CC1.CC(=O)NC1CCC(C2=CCC(C)CN2C(=O)OC(C)(C)C)CC1.CC(=O)NC1CCC(C2CCC(C)CN2)CC1.CC(C)(C)OC(=O)NC1CC=C(B2OC(C)(C)C(C)(C)O2)CC1.CC1(C)OB(C2=CCC(N)CC2)OC1(C)C.CC1CC=C(OS(=O)(=O)C(F)(F)F)N(C(=O)OC(C)(C)C)C1. The Bertz CT molecular complexity index is 4650. The second kappa shape index (κ2) is 52.1. The van der Waals surface area contributed by atoms with Crippen LogP contribution in [0, 0.1) is 35.5 Å². The van der Waals surface area contributed by atoms with Gasteiger partial charge in [-0.3, -0.25) is 29.0 Å². The second-order valence-electron chi connectivity index (χ2n) is 49.1. The number of nitrogens with one attached hydrogen (secondary N) is 6. The highest BCUT2D eigenvalue weighted by molar-refractivity contribution is 7.87. The Morgan fingerprint density at radius 3 is 1.10 bits per heavy atom. The van der Waals surface area contributed by atoms with E-state index >= 15 is 0 Å². The Labute approximate surface area is 867 Å². The van der Waals surface area contributed by atoms with Gasteiger partial charge in [-0.25, -0.2) is 24.1 Å². The molecule has 9 unspecified atom stereocenters.